The molecule has 1 aliphatic rings. The number of benzene rings is 1. The summed E-state index contributed by atoms with van der Waals surface area (Å²) in [6.45, 7) is 4.93. The van der Waals surface area contributed by atoms with Crippen LogP contribution in [0, 0.1) is 13.8 Å². The molecule has 6 nitrogen and oxygen atoms in total. The number of ether oxygens (including phenoxy) is 2. The Balaban J connectivity index is 1.54. The first-order valence-corrected chi connectivity index (χ1v) is 9.23. The van der Waals surface area contributed by atoms with Gasteiger partial charge in [0.05, 0.1) is 18.0 Å². The van der Waals surface area contributed by atoms with Gasteiger partial charge < -0.3 is 19.7 Å². The van der Waals surface area contributed by atoms with E-state index in [1.165, 1.54) is 11.1 Å². The Morgan fingerprint density at radius 3 is 2.70 bits per heavy atom. The molecule has 0 saturated carbocycles. The molecule has 1 aromatic carbocycles. The summed E-state index contributed by atoms with van der Waals surface area (Å²) in [7, 11) is 4.01. The molecule has 27 heavy (non-hydrogen) atoms. The average molecular weight is 369 g/mol. The van der Waals surface area contributed by atoms with Crippen LogP contribution in [0.2, 0.25) is 0 Å². The predicted molar refractivity (Wildman–Crippen MR) is 105 cm³/mol. The standard InChI is InChI=1S/C21H27N3O3/c1-14-5-7-17(11-15(14)2)27-20-10-6-16(12-22-20)23-21(25)19-9-8-18(26-19)13-24(3)4/h5-7,10-12,18-19H,8-9,13H2,1-4H3,(H,23,25)/t18-,19+/m0/s1. The van der Waals surface area contributed by atoms with E-state index >= 15 is 0 Å². The molecular weight excluding hydrogens is 342 g/mol. The Morgan fingerprint density at radius 2 is 2.04 bits per heavy atom. The molecule has 1 amide bonds. The molecule has 2 aromatic rings. The molecule has 1 aliphatic heterocycles. The van der Waals surface area contributed by atoms with Crippen molar-refractivity contribution in [2.24, 2.45) is 0 Å². The average Bonchev–Trinajstić information content (AvgIpc) is 3.08. The first-order valence-electron chi connectivity index (χ1n) is 9.23. The van der Waals surface area contributed by atoms with E-state index in [0.29, 0.717) is 11.6 Å². The van der Waals surface area contributed by atoms with Crippen LogP contribution >= 0.6 is 0 Å². The number of carbonyl (C=O) groups is 1. The topological polar surface area (TPSA) is 63.7 Å². The number of anilines is 1. The van der Waals surface area contributed by atoms with Crippen molar-refractivity contribution in [3.05, 3.63) is 47.7 Å². The Labute approximate surface area is 160 Å². The molecule has 0 bridgehead atoms. The highest BCUT2D eigenvalue weighted by atomic mass is 16.5. The lowest BCUT2D eigenvalue weighted by Gasteiger charge is -2.17. The van der Waals surface area contributed by atoms with Gasteiger partial charge in [-0.15, -0.1) is 0 Å². The summed E-state index contributed by atoms with van der Waals surface area (Å²) in [5, 5.41) is 2.87. The van der Waals surface area contributed by atoms with Gasteiger partial charge >= 0.3 is 0 Å². The van der Waals surface area contributed by atoms with Crippen LogP contribution in [-0.2, 0) is 9.53 Å². The number of likely N-dealkylation sites (N-methyl/N-ethyl adjacent to an activating group) is 1. The van der Waals surface area contributed by atoms with Crippen LogP contribution in [0.15, 0.2) is 36.5 Å². The van der Waals surface area contributed by atoms with Gasteiger partial charge in [0.2, 0.25) is 5.88 Å². The van der Waals surface area contributed by atoms with E-state index in [0.717, 1.165) is 25.1 Å². The van der Waals surface area contributed by atoms with Gasteiger partial charge in [-0.3, -0.25) is 4.79 Å². The number of carbonyl (C=O) groups excluding carboxylic acids is 1. The van der Waals surface area contributed by atoms with Crippen LogP contribution in [-0.4, -0.2) is 48.6 Å². The number of nitrogens with zero attached hydrogens (tertiary/aromatic N) is 2. The number of amides is 1. The van der Waals surface area contributed by atoms with Crippen LogP contribution in [0.3, 0.4) is 0 Å². The normalized spacial score (nSPS) is 19.3. The van der Waals surface area contributed by atoms with Gasteiger partial charge in [-0.1, -0.05) is 6.07 Å². The fourth-order valence-electron chi connectivity index (χ4n) is 3.08. The zero-order valence-electron chi connectivity index (χ0n) is 16.4. The lowest BCUT2D eigenvalue weighted by Crippen LogP contribution is -2.31. The number of hydrogen-bond donors (Lipinski definition) is 1. The maximum atomic E-state index is 12.4. The van der Waals surface area contributed by atoms with Crippen LogP contribution in [0.1, 0.15) is 24.0 Å². The predicted octanol–water partition coefficient (Wildman–Crippen LogP) is 3.54. The lowest BCUT2D eigenvalue weighted by atomic mass is 10.1. The van der Waals surface area contributed by atoms with Crippen molar-refractivity contribution in [3.63, 3.8) is 0 Å². The molecule has 0 radical (unpaired) electrons. The van der Waals surface area contributed by atoms with E-state index in [4.69, 9.17) is 9.47 Å². The number of nitrogens with one attached hydrogen (secondary N) is 1. The molecule has 1 fully saturated rings. The summed E-state index contributed by atoms with van der Waals surface area (Å²) >= 11 is 0. The van der Waals surface area contributed by atoms with Gasteiger partial charge in [0.15, 0.2) is 0 Å². The van der Waals surface area contributed by atoms with E-state index in [9.17, 15) is 4.79 Å². The van der Waals surface area contributed by atoms with Crippen molar-refractivity contribution in [1.82, 2.24) is 9.88 Å². The van der Waals surface area contributed by atoms with Crippen LogP contribution < -0.4 is 10.1 Å². The summed E-state index contributed by atoms with van der Waals surface area (Å²) < 4.78 is 11.6. The molecule has 0 unspecified atom stereocenters. The molecule has 2 heterocycles. The highest BCUT2D eigenvalue weighted by molar-refractivity contribution is 5.94. The van der Waals surface area contributed by atoms with Crippen LogP contribution in [0.4, 0.5) is 5.69 Å². The van der Waals surface area contributed by atoms with Crippen LogP contribution in [0.5, 0.6) is 11.6 Å². The van der Waals surface area contributed by atoms with Crippen molar-refractivity contribution in [2.45, 2.75) is 38.9 Å². The Kier molecular flexibility index (Phi) is 6.08. The van der Waals surface area contributed by atoms with Crippen molar-refractivity contribution >= 4 is 11.6 Å². The molecule has 1 aromatic heterocycles. The van der Waals surface area contributed by atoms with Gasteiger partial charge in [0.1, 0.15) is 11.9 Å². The minimum atomic E-state index is -0.401. The summed E-state index contributed by atoms with van der Waals surface area (Å²) in [5.41, 5.74) is 3.02. The molecule has 1 N–H and O–H groups in total. The quantitative estimate of drug-likeness (QED) is 0.844. The van der Waals surface area contributed by atoms with Gasteiger partial charge in [-0.2, -0.15) is 0 Å². The zero-order chi connectivity index (χ0) is 19.4. The number of rotatable bonds is 6. The van der Waals surface area contributed by atoms with E-state index in [-0.39, 0.29) is 12.0 Å². The molecule has 144 valence electrons. The smallest absolute Gasteiger partial charge is 0.253 e. The Morgan fingerprint density at radius 1 is 1.22 bits per heavy atom. The summed E-state index contributed by atoms with van der Waals surface area (Å²) in [6, 6.07) is 9.45. The SMILES string of the molecule is Cc1ccc(Oc2ccc(NC(=O)[C@H]3CC[C@@H](CN(C)C)O3)cn2)cc1C. The first-order chi connectivity index (χ1) is 12.9. The maximum Gasteiger partial charge on any atom is 0.253 e. The number of aryl methyl sites for hydroxylation is 2. The Hall–Kier alpha value is -2.44. The minimum Gasteiger partial charge on any atom is -0.439 e. The molecule has 3 rings (SSSR count). The number of pyridine rings is 1. The van der Waals surface area contributed by atoms with E-state index in [2.05, 4.69) is 22.1 Å². The third-order valence-electron chi connectivity index (χ3n) is 4.67. The van der Waals surface area contributed by atoms with Crippen LogP contribution in [0.25, 0.3) is 0 Å². The van der Waals surface area contributed by atoms with Crippen molar-refractivity contribution < 1.29 is 14.3 Å². The van der Waals surface area contributed by atoms with Gasteiger partial charge in [-0.05, 0) is 70.1 Å². The number of aromatic nitrogens is 1. The molecule has 6 heteroatoms. The fraction of sp³-hybridized carbons (Fsp3) is 0.429. The largest absolute Gasteiger partial charge is 0.439 e. The fourth-order valence-corrected chi connectivity index (χ4v) is 3.08. The highest BCUT2D eigenvalue weighted by Gasteiger charge is 2.30. The van der Waals surface area contributed by atoms with Crippen molar-refractivity contribution in [1.29, 1.82) is 0 Å². The maximum absolute atomic E-state index is 12.4. The summed E-state index contributed by atoms with van der Waals surface area (Å²) in [5.74, 6) is 1.11. The van der Waals surface area contributed by atoms with E-state index in [1.807, 2.05) is 39.2 Å². The van der Waals surface area contributed by atoms with Gasteiger partial charge in [0.25, 0.3) is 5.91 Å². The third kappa shape index (κ3) is 5.28. The molecule has 1 saturated heterocycles. The van der Waals surface area contributed by atoms with Gasteiger partial charge in [-0.25, -0.2) is 4.98 Å². The first kappa shape index (κ1) is 19.3. The van der Waals surface area contributed by atoms with E-state index < -0.39 is 6.10 Å². The molecular formula is C21H27N3O3. The van der Waals surface area contributed by atoms with Crippen molar-refractivity contribution in [3.8, 4) is 11.6 Å². The Bertz CT molecular complexity index is 790. The lowest BCUT2D eigenvalue weighted by molar-refractivity contribution is -0.126. The van der Waals surface area contributed by atoms with Gasteiger partial charge in [0, 0.05) is 12.6 Å². The number of hydrogen-bond acceptors (Lipinski definition) is 5. The second-order valence-electron chi connectivity index (χ2n) is 7.31. The van der Waals surface area contributed by atoms with E-state index in [1.54, 1.807) is 18.3 Å². The minimum absolute atomic E-state index is 0.114. The molecule has 0 spiro atoms. The monoisotopic (exact) mass is 369 g/mol. The molecule has 2 atom stereocenters. The summed E-state index contributed by atoms with van der Waals surface area (Å²) in [4.78, 5) is 18.7. The molecule has 0 aliphatic carbocycles. The zero-order valence-corrected chi connectivity index (χ0v) is 16.4. The third-order valence-corrected chi connectivity index (χ3v) is 4.67. The van der Waals surface area contributed by atoms with Crippen molar-refractivity contribution in [2.75, 3.05) is 26.0 Å². The highest BCUT2D eigenvalue weighted by Crippen LogP contribution is 2.24. The second kappa shape index (κ2) is 8.50. The second-order valence-corrected chi connectivity index (χ2v) is 7.31. The summed E-state index contributed by atoms with van der Waals surface area (Å²) in [6.07, 6.45) is 2.95.